The van der Waals surface area contributed by atoms with E-state index < -0.39 is 0 Å². The van der Waals surface area contributed by atoms with Crippen molar-refractivity contribution >= 4 is 11.3 Å². The molecule has 2 heteroatoms. The van der Waals surface area contributed by atoms with Crippen molar-refractivity contribution in [3.8, 4) is 0 Å². The van der Waals surface area contributed by atoms with E-state index in [2.05, 4.69) is 24.4 Å². The summed E-state index contributed by atoms with van der Waals surface area (Å²) in [7, 11) is 0. The third-order valence-corrected chi connectivity index (χ3v) is 4.80. The van der Waals surface area contributed by atoms with Gasteiger partial charge in [-0.15, -0.1) is 11.3 Å². The van der Waals surface area contributed by atoms with Crippen LogP contribution >= 0.6 is 11.3 Å². The molecule has 1 nitrogen and oxygen atoms in total. The van der Waals surface area contributed by atoms with Gasteiger partial charge in [0.1, 0.15) is 0 Å². The maximum atomic E-state index is 3.70. The van der Waals surface area contributed by atoms with E-state index in [0.717, 1.165) is 18.0 Å². The first-order valence-electron chi connectivity index (χ1n) is 5.63. The normalized spacial score (nSPS) is 36.2. The number of rotatable bonds is 1. The zero-order valence-corrected chi connectivity index (χ0v) is 9.44. The average Bonchev–Trinajstić information content (AvgIpc) is 2.73. The van der Waals surface area contributed by atoms with Gasteiger partial charge in [0.25, 0.3) is 0 Å². The predicted molar refractivity (Wildman–Crippen MR) is 61.0 cm³/mol. The van der Waals surface area contributed by atoms with E-state index in [0.29, 0.717) is 0 Å². The number of hydrogen-bond donors (Lipinski definition) is 1. The van der Waals surface area contributed by atoms with Crippen LogP contribution in [0.5, 0.6) is 0 Å². The monoisotopic (exact) mass is 207 g/mol. The molecular weight excluding hydrogens is 190 g/mol. The third-order valence-electron chi connectivity index (χ3n) is 3.64. The van der Waals surface area contributed by atoms with Crippen molar-refractivity contribution in [1.29, 1.82) is 0 Å². The number of thiophene rings is 1. The van der Waals surface area contributed by atoms with Crippen molar-refractivity contribution in [3.63, 3.8) is 0 Å². The number of piperidine rings is 1. The molecule has 2 fully saturated rings. The fourth-order valence-electron chi connectivity index (χ4n) is 2.96. The first-order chi connectivity index (χ1) is 6.81. The number of nitrogens with one attached hydrogen (secondary N) is 1. The van der Waals surface area contributed by atoms with Crippen LogP contribution in [0.25, 0.3) is 0 Å². The van der Waals surface area contributed by atoms with Crippen LogP contribution in [-0.4, -0.2) is 12.1 Å². The van der Waals surface area contributed by atoms with Crippen LogP contribution in [-0.2, 0) is 0 Å². The summed E-state index contributed by atoms with van der Waals surface area (Å²) in [5, 5.41) is 3.70. The first-order valence-corrected chi connectivity index (χ1v) is 6.45. The van der Waals surface area contributed by atoms with Gasteiger partial charge in [-0.25, -0.2) is 0 Å². The predicted octanol–water partition coefficient (Wildman–Crippen LogP) is 3.05. The molecule has 14 heavy (non-hydrogen) atoms. The van der Waals surface area contributed by atoms with Crippen LogP contribution < -0.4 is 5.32 Å². The van der Waals surface area contributed by atoms with E-state index >= 15 is 0 Å². The largest absolute Gasteiger partial charge is 0.311 e. The summed E-state index contributed by atoms with van der Waals surface area (Å²) < 4.78 is 0. The summed E-state index contributed by atoms with van der Waals surface area (Å²) >= 11 is 2.00. The zero-order valence-electron chi connectivity index (χ0n) is 8.62. The summed E-state index contributed by atoms with van der Waals surface area (Å²) in [6.07, 6.45) is 5.56. The molecule has 3 heterocycles. The topological polar surface area (TPSA) is 12.0 Å². The van der Waals surface area contributed by atoms with Crippen LogP contribution in [0.1, 0.15) is 41.4 Å². The highest BCUT2D eigenvalue weighted by Gasteiger charge is 2.34. The fraction of sp³-hybridized carbons (Fsp3) is 0.667. The lowest BCUT2D eigenvalue weighted by atomic mass is 9.91. The van der Waals surface area contributed by atoms with Gasteiger partial charge < -0.3 is 5.32 Å². The van der Waals surface area contributed by atoms with Crippen LogP contribution in [0.4, 0.5) is 0 Å². The Morgan fingerprint density at radius 3 is 2.50 bits per heavy atom. The lowest BCUT2D eigenvalue weighted by molar-refractivity contribution is 0.366. The minimum absolute atomic E-state index is 0.821. The second kappa shape index (κ2) is 3.35. The van der Waals surface area contributed by atoms with Gasteiger partial charge in [-0.05, 0) is 50.7 Å². The van der Waals surface area contributed by atoms with Crippen molar-refractivity contribution < 1.29 is 0 Å². The van der Waals surface area contributed by atoms with Gasteiger partial charge in [-0.3, -0.25) is 0 Å². The molecule has 1 aromatic rings. The van der Waals surface area contributed by atoms with Crippen LogP contribution in [0.2, 0.25) is 0 Å². The highest BCUT2D eigenvalue weighted by Crippen LogP contribution is 2.39. The molecule has 0 amide bonds. The zero-order chi connectivity index (χ0) is 9.54. The lowest BCUT2D eigenvalue weighted by Crippen LogP contribution is -2.36. The quantitative estimate of drug-likeness (QED) is 0.746. The van der Waals surface area contributed by atoms with E-state index in [4.69, 9.17) is 0 Å². The summed E-state index contributed by atoms with van der Waals surface area (Å²) in [5.74, 6) is 0.854. The van der Waals surface area contributed by atoms with E-state index in [-0.39, 0.29) is 0 Å². The molecule has 3 rings (SSSR count). The Labute approximate surface area is 89.5 Å². The van der Waals surface area contributed by atoms with Gasteiger partial charge in [0.15, 0.2) is 0 Å². The Morgan fingerprint density at radius 2 is 1.93 bits per heavy atom. The SMILES string of the molecule is Cc1ccc(C2CC3CCC(C2)N3)s1. The minimum atomic E-state index is 0.821. The van der Waals surface area contributed by atoms with Crippen LogP contribution in [0, 0.1) is 6.92 Å². The van der Waals surface area contributed by atoms with Crippen molar-refractivity contribution in [3.05, 3.63) is 21.9 Å². The van der Waals surface area contributed by atoms with Crippen molar-refractivity contribution in [1.82, 2.24) is 5.32 Å². The highest BCUT2D eigenvalue weighted by atomic mass is 32.1. The smallest absolute Gasteiger partial charge is 0.00802 e. The molecular formula is C12H17NS. The van der Waals surface area contributed by atoms with Gasteiger partial charge in [0.05, 0.1) is 0 Å². The molecule has 0 spiro atoms. The lowest BCUT2D eigenvalue weighted by Gasteiger charge is -2.28. The van der Waals surface area contributed by atoms with E-state index in [9.17, 15) is 0 Å². The third kappa shape index (κ3) is 1.51. The second-order valence-electron chi connectivity index (χ2n) is 4.75. The molecule has 0 radical (unpaired) electrons. The van der Waals surface area contributed by atoms with Gasteiger partial charge in [0.2, 0.25) is 0 Å². The van der Waals surface area contributed by atoms with Crippen LogP contribution in [0.15, 0.2) is 12.1 Å². The molecule has 76 valence electrons. The van der Waals surface area contributed by atoms with Gasteiger partial charge >= 0.3 is 0 Å². The summed E-state index contributed by atoms with van der Waals surface area (Å²) in [6, 6.07) is 6.25. The Bertz CT molecular complexity index is 319. The Morgan fingerprint density at radius 1 is 1.21 bits per heavy atom. The maximum Gasteiger partial charge on any atom is 0.00802 e. The molecule has 2 aliphatic rings. The summed E-state index contributed by atoms with van der Waals surface area (Å²) in [4.78, 5) is 3.09. The summed E-state index contributed by atoms with van der Waals surface area (Å²) in [6.45, 7) is 2.21. The van der Waals surface area contributed by atoms with E-state index in [1.807, 2.05) is 11.3 Å². The number of hydrogen-bond acceptors (Lipinski definition) is 2. The van der Waals surface area contributed by atoms with E-state index in [1.165, 1.54) is 30.6 Å². The maximum absolute atomic E-state index is 3.70. The molecule has 0 aliphatic carbocycles. The Hall–Kier alpha value is -0.340. The van der Waals surface area contributed by atoms with Gasteiger partial charge in [0, 0.05) is 21.8 Å². The number of fused-ring (bicyclic) bond motifs is 2. The Kier molecular flexibility index (Phi) is 2.14. The van der Waals surface area contributed by atoms with Crippen molar-refractivity contribution in [2.24, 2.45) is 0 Å². The fourth-order valence-corrected chi connectivity index (χ4v) is 3.97. The second-order valence-corrected chi connectivity index (χ2v) is 6.07. The van der Waals surface area contributed by atoms with Crippen molar-refractivity contribution in [2.45, 2.75) is 50.6 Å². The molecule has 2 aliphatic heterocycles. The Balaban J connectivity index is 1.80. The summed E-state index contributed by atoms with van der Waals surface area (Å²) in [5.41, 5.74) is 0. The van der Waals surface area contributed by atoms with Crippen LogP contribution in [0.3, 0.4) is 0 Å². The first kappa shape index (κ1) is 8.93. The molecule has 1 aromatic heterocycles. The standard InChI is InChI=1S/C12H17NS/c1-8-2-5-12(14-8)9-6-10-3-4-11(7-9)13-10/h2,5,9-11,13H,3-4,6-7H2,1H3. The molecule has 2 bridgehead atoms. The highest BCUT2D eigenvalue weighted by molar-refractivity contribution is 7.12. The van der Waals surface area contributed by atoms with Gasteiger partial charge in [-0.2, -0.15) is 0 Å². The molecule has 2 saturated heterocycles. The van der Waals surface area contributed by atoms with Gasteiger partial charge in [-0.1, -0.05) is 0 Å². The molecule has 0 aromatic carbocycles. The van der Waals surface area contributed by atoms with Crippen molar-refractivity contribution in [2.75, 3.05) is 0 Å². The molecule has 2 unspecified atom stereocenters. The number of aryl methyl sites for hydroxylation is 1. The minimum Gasteiger partial charge on any atom is -0.311 e. The average molecular weight is 207 g/mol. The molecule has 0 saturated carbocycles. The van der Waals surface area contributed by atoms with E-state index in [1.54, 1.807) is 4.88 Å². The molecule has 1 N–H and O–H groups in total. The molecule has 2 atom stereocenters.